The molecule has 0 unspecified atom stereocenters. The number of thioether (sulfide) groups is 1. The van der Waals surface area contributed by atoms with Gasteiger partial charge in [-0.05, 0) is 24.5 Å². The molecule has 0 heterocycles. The maximum absolute atomic E-state index is 8.40. The molecular weight excluding hydrogens is 146 g/mol. The lowest BCUT2D eigenvalue weighted by Gasteiger charge is -2.00. The van der Waals surface area contributed by atoms with Crippen LogP contribution in [-0.4, -0.2) is 36.3 Å². The molecule has 0 aliphatic rings. The first-order valence-corrected chi connectivity index (χ1v) is 4.96. The molecule has 0 spiro atoms. The van der Waals surface area contributed by atoms with E-state index in [1.807, 2.05) is 11.8 Å². The number of rotatable bonds is 7. The maximum Gasteiger partial charge on any atom is 0.0555 e. The molecule has 3 heteroatoms. The van der Waals surface area contributed by atoms with Crippen molar-refractivity contribution in [1.82, 2.24) is 5.32 Å². The van der Waals surface area contributed by atoms with Crippen molar-refractivity contribution in [2.75, 3.05) is 31.2 Å². The molecule has 0 amide bonds. The Morgan fingerprint density at radius 1 is 1.40 bits per heavy atom. The lowest BCUT2D eigenvalue weighted by molar-refractivity contribution is 0.292. The van der Waals surface area contributed by atoms with E-state index in [-0.39, 0.29) is 6.61 Å². The smallest absolute Gasteiger partial charge is 0.0555 e. The van der Waals surface area contributed by atoms with E-state index in [0.717, 1.165) is 13.1 Å². The van der Waals surface area contributed by atoms with Crippen molar-refractivity contribution >= 4 is 11.8 Å². The lowest BCUT2D eigenvalue weighted by atomic mass is 10.5. The van der Waals surface area contributed by atoms with Crippen LogP contribution >= 0.6 is 11.8 Å². The molecule has 2 N–H and O–H groups in total. The maximum atomic E-state index is 8.40. The predicted molar refractivity (Wildman–Crippen MR) is 47.6 cm³/mol. The molecule has 0 aromatic carbocycles. The van der Waals surface area contributed by atoms with Crippen LogP contribution in [-0.2, 0) is 0 Å². The molecule has 0 saturated carbocycles. The van der Waals surface area contributed by atoms with Crippen molar-refractivity contribution in [2.24, 2.45) is 0 Å². The average molecular weight is 163 g/mol. The van der Waals surface area contributed by atoms with Crippen LogP contribution in [0.15, 0.2) is 0 Å². The van der Waals surface area contributed by atoms with Crippen molar-refractivity contribution in [2.45, 2.75) is 13.3 Å². The summed E-state index contributed by atoms with van der Waals surface area (Å²) in [5, 5.41) is 11.5. The van der Waals surface area contributed by atoms with E-state index in [1.165, 1.54) is 17.9 Å². The Morgan fingerprint density at radius 2 is 2.20 bits per heavy atom. The Bertz CT molecular complexity index is 53.6. The van der Waals surface area contributed by atoms with Crippen molar-refractivity contribution in [1.29, 1.82) is 0 Å². The summed E-state index contributed by atoms with van der Waals surface area (Å²) in [6, 6.07) is 0. The Morgan fingerprint density at radius 3 is 2.80 bits per heavy atom. The standard InChI is InChI=1S/C7H17NOS/c1-2-10-7-3-4-8-5-6-9/h8-9H,2-7H2,1H3. The highest BCUT2D eigenvalue weighted by Gasteiger charge is 1.86. The molecule has 0 bridgehead atoms. The van der Waals surface area contributed by atoms with Gasteiger partial charge in [0.2, 0.25) is 0 Å². The van der Waals surface area contributed by atoms with Gasteiger partial charge in [-0.15, -0.1) is 0 Å². The Balaban J connectivity index is 2.65. The first-order valence-electron chi connectivity index (χ1n) is 3.81. The summed E-state index contributed by atoms with van der Waals surface area (Å²) in [6.07, 6.45) is 1.21. The van der Waals surface area contributed by atoms with Crippen LogP contribution in [0.2, 0.25) is 0 Å². The monoisotopic (exact) mass is 163 g/mol. The summed E-state index contributed by atoms with van der Waals surface area (Å²) in [4.78, 5) is 0. The summed E-state index contributed by atoms with van der Waals surface area (Å²) in [5.74, 6) is 2.44. The van der Waals surface area contributed by atoms with Gasteiger partial charge in [0.1, 0.15) is 0 Å². The lowest BCUT2D eigenvalue weighted by Crippen LogP contribution is -2.19. The molecule has 10 heavy (non-hydrogen) atoms. The van der Waals surface area contributed by atoms with E-state index in [9.17, 15) is 0 Å². The van der Waals surface area contributed by atoms with Gasteiger partial charge in [0, 0.05) is 6.54 Å². The molecule has 0 fully saturated rings. The van der Waals surface area contributed by atoms with Gasteiger partial charge in [-0.3, -0.25) is 0 Å². The zero-order valence-corrected chi connectivity index (χ0v) is 7.41. The van der Waals surface area contributed by atoms with Gasteiger partial charge in [0.25, 0.3) is 0 Å². The molecule has 0 saturated heterocycles. The van der Waals surface area contributed by atoms with E-state index in [0.29, 0.717) is 0 Å². The number of hydrogen-bond donors (Lipinski definition) is 2. The largest absolute Gasteiger partial charge is 0.395 e. The Labute approximate surface area is 67.4 Å². The van der Waals surface area contributed by atoms with Crippen LogP contribution in [0.1, 0.15) is 13.3 Å². The molecule has 0 atom stereocenters. The van der Waals surface area contributed by atoms with Gasteiger partial charge in [-0.2, -0.15) is 11.8 Å². The molecule has 0 radical (unpaired) electrons. The van der Waals surface area contributed by atoms with E-state index < -0.39 is 0 Å². The number of aliphatic hydroxyl groups is 1. The topological polar surface area (TPSA) is 32.3 Å². The Kier molecular flexibility index (Phi) is 9.52. The third kappa shape index (κ3) is 8.27. The highest BCUT2D eigenvalue weighted by molar-refractivity contribution is 7.99. The molecule has 0 aromatic heterocycles. The van der Waals surface area contributed by atoms with Crippen molar-refractivity contribution in [3.05, 3.63) is 0 Å². The minimum atomic E-state index is 0.251. The fraction of sp³-hybridized carbons (Fsp3) is 1.00. The fourth-order valence-corrected chi connectivity index (χ4v) is 1.28. The second-order valence-electron chi connectivity index (χ2n) is 2.02. The van der Waals surface area contributed by atoms with Gasteiger partial charge in [-0.25, -0.2) is 0 Å². The molecule has 62 valence electrons. The third-order valence-corrected chi connectivity index (χ3v) is 2.12. The summed E-state index contributed by atoms with van der Waals surface area (Å²) < 4.78 is 0. The highest BCUT2D eigenvalue weighted by Crippen LogP contribution is 1.98. The quantitative estimate of drug-likeness (QED) is 0.542. The van der Waals surface area contributed by atoms with Gasteiger partial charge in [0.05, 0.1) is 6.61 Å². The van der Waals surface area contributed by atoms with Crippen LogP contribution < -0.4 is 5.32 Å². The van der Waals surface area contributed by atoms with Crippen LogP contribution in [0, 0.1) is 0 Å². The zero-order chi connectivity index (χ0) is 7.66. The van der Waals surface area contributed by atoms with Gasteiger partial charge in [-0.1, -0.05) is 6.92 Å². The molecular formula is C7H17NOS. The number of hydrogen-bond acceptors (Lipinski definition) is 3. The van der Waals surface area contributed by atoms with Crippen LogP contribution in [0.25, 0.3) is 0 Å². The zero-order valence-electron chi connectivity index (χ0n) is 6.60. The van der Waals surface area contributed by atoms with Crippen molar-refractivity contribution < 1.29 is 5.11 Å². The minimum Gasteiger partial charge on any atom is -0.395 e. The molecule has 0 rings (SSSR count). The highest BCUT2D eigenvalue weighted by atomic mass is 32.2. The number of nitrogens with one attached hydrogen (secondary N) is 1. The average Bonchev–Trinajstić information content (AvgIpc) is 1.97. The van der Waals surface area contributed by atoms with E-state index >= 15 is 0 Å². The first kappa shape index (κ1) is 10.3. The second kappa shape index (κ2) is 9.27. The number of aliphatic hydroxyl groups excluding tert-OH is 1. The van der Waals surface area contributed by atoms with Crippen LogP contribution in [0.5, 0.6) is 0 Å². The minimum absolute atomic E-state index is 0.251. The van der Waals surface area contributed by atoms with Crippen LogP contribution in [0.4, 0.5) is 0 Å². The first-order chi connectivity index (χ1) is 4.91. The Hall–Kier alpha value is 0.270. The SMILES string of the molecule is CCSCCCNCCO. The van der Waals surface area contributed by atoms with Gasteiger partial charge < -0.3 is 10.4 Å². The molecule has 0 aromatic rings. The fourth-order valence-electron chi connectivity index (χ4n) is 0.648. The van der Waals surface area contributed by atoms with Gasteiger partial charge >= 0.3 is 0 Å². The summed E-state index contributed by atoms with van der Waals surface area (Å²) in [7, 11) is 0. The molecule has 0 aliphatic heterocycles. The van der Waals surface area contributed by atoms with Crippen molar-refractivity contribution in [3.63, 3.8) is 0 Å². The summed E-state index contributed by atoms with van der Waals surface area (Å²) in [6.45, 7) is 4.19. The van der Waals surface area contributed by atoms with Crippen LogP contribution in [0.3, 0.4) is 0 Å². The molecule has 2 nitrogen and oxygen atoms in total. The third-order valence-electron chi connectivity index (χ3n) is 1.13. The van der Waals surface area contributed by atoms with E-state index in [4.69, 9.17) is 5.11 Å². The molecule has 0 aliphatic carbocycles. The summed E-state index contributed by atoms with van der Waals surface area (Å²) >= 11 is 1.96. The summed E-state index contributed by atoms with van der Waals surface area (Å²) in [5.41, 5.74) is 0. The predicted octanol–water partition coefficient (Wildman–Crippen LogP) is 0.711. The van der Waals surface area contributed by atoms with E-state index in [1.54, 1.807) is 0 Å². The second-order valence-corrected chi connectivity index (χ2v) is 3.42. The normalized spacial score (nSPS) is 10.2. The van der Waals surface area contributed by atoms with Crippen molar-refractivity contribution in [3.8, 4) is 0 Å². The van der Waals surface area contributed by atoms with E-state index in [2.05, 4.69) is 12.2 Å². The van der Waals surface area contributed by atoms with Gasteiger partial charge in [0.15, 0.2) is 0 Å².